The van der Waals surface area contributed by atoms with Gasteiger partial charge in [0.15, 0.2) is 0 Å². The first-order valence-corrected chi connectivity index (χ1v) is 5.50. The molecule has 0 heterocycles. The van der Waals surface area contributed by atoms with Crippen LogP contribution in [0.2, 0.25) is 0 Å². The van der Waals surface area contributed by atoms with Crippen LogP contribution in [0.25, 0.3) is 0 Å². The van der Waals surface area contributed by atoms with E-state index in [9.17, 15) is 9.59 Å². The van der Waals surface area contributed by atoms with Gasteiger partial charge < -0.3 is 10.1 Å². The molecule has 0 radical (unpaired) electrons. The lowest BCUT2D eigenvalue weighted by Crippen LogP contribution is -2.08. The van der Waals surface area contributed by atoms with Gasteiger partial charge in [-0.2, -0.15) is 0 Å². The highest BCUT2D eigenvalue weighted by Crippen LogP contribution is 2.29. The lowest BCUT2D eigenvalue weighted by molar-refractivity contribution is -0.131. The summed E-state index contributed by atoms with van der Waals surface area (Å²) in [6.45, 7) is 6.82. The summed E-state index contributed by atoms with van der Waals surface area (Å²) in [5.41, 5.74) is 1.56. The van der Waals surface area contributed by atoms with Crippen LogP contribution in [0.4, 0.5) is 5.69 Å². The van der Waals surface area contributed by atoms with Crippen molar-refractivity contribution in [2.24, 2.45) is 0 Å². The molecule has 92 valence electrons. The SMILES string of the molecule is CC(=O)Nc1ccc(C(C)C)c(OC(C)=O)c1. The number of ether oxygens (including phenoxy) is 1. The number of nitrogens with one attached hydrogen (secondary N) is 1. The molecule has 0 aliphatic heterocycles. The molecule has 0 spiro atoms. The molecule has 1 rings (SSSR count). The molecule has 0 bridgehead atoms. The predicted octanol–water partition coefficient (Wildman–Crippen LogP) is 2.69. The fourth-order valence-electron chi connectivity index (χ4n) is 1.54. The first-order chi connectivity index (χ1) is 7.90. The topological polar surface area (TPSA) is 55.4 Å². The molecule has 0 fully saturated rings. The van der Waals surface area contributed by atoms with E-state index in [1.165, 1.54) is 13.8 Å². The average Bonchev–Trinajstić information content (AvgIpc) is 2.15. The second-order valence-corrected chi connectivity index (χ2v) is 4.18. The highest BCUT2D eigenvalue weighted by atomic mass is 16.5. The summed E-state index contributed by atoms with van der Waals surface area (Å²) in [7, 11) is 0. The fraction of sp³-hybridized carbons (Fsp3) is 0.385. The van der Waals surface area contributed by atoms with Gasteiger partial charge in [0.25, 0.3) is 0 Å². The molecular weight excluding hydrogens is 218 g/mol. The number of hydrogen-bond acceptors (Lipinski definition) is 3. The number of amides is 1. The Kier molecular flexibility index (Phi) is 4.26. The monoisotopic (exact) mass is 235 g/mol. The van der Waals surface area contributed by atoms with Crippen LogP contribution in [-0.4, -0.2) is 11.9 Å². The maximum absolute atomic E-state index is 11.0. The van der Waals surface area contributed by atoms with Gasteiger partial charge in [0, 0.05) is 25.6 Å². The molecule has 1 amide bonds. The Labute approximate surface area is 101 Å². The molecule has 1 aromatic rings. The smallest absolute Gasteiger partial charge is 0.308 e. The second-order valence-electron chi connectivity index (χ2n) is 4.18. The molecule has 0 atom stereocenters. The van der Waals surface area contributed by atoms with Gasteiger partial charge in [0.2, 0.25) is 5.91 Å². The van der Waals surface area contributed by atoms with Crippen LogP contribution >= 0.6 is 0 Å². The first-order valence-electron chi connectivity index (χ1n) is 5.50. The zero-order chi connectivity index (χ0) is 13.0. The number of carbonyl (C=O) groups is 2. The maximum Gasteiger partial charge on any atom is 0.308 e. The minimum Gasteiger partial charge on any atom is -0.426 e. The van der Waals surface area contributed by atoms with Crippen LogP contribution in [0.1, 0.15) is 39.2 Å². The van der Waals surface area contributed by atoms with E-state index >= 15 is 0 Å². The molecule has 0 saturated carbocycles. The van der Waals surface area contributed by atoms with E-state index in [0.29, 0.717) is 11.4 Å². The van der Waals surface area contributed by atoms with Crippen LogP contribution < -0.4 is 10.1 Å². The normalized spacial score (nSPS) is 10.2. The van der Waals surface area contributed by atoms with E-state index < -0.39 is 0 Å². The number of anilines is 1. The van der Waals surface area contributed by atoms with Gasteiger partial charge >= 0.3 is 5.97 Å². The second kappa shape index (κ2) is 5.48. The third-order valence-electron chi connectivity index (χ3n) is 2.21. The van der Waals surface area contributed by atoms with Gasteiger partial charge in [-0.3, -0.25) is 9.59 Å². The van der Waals surface area contributed by atoms with Crippen LogP contribution in [0.3, 0.4) is 0 Å². The molecule has 0 saturated heterocycles. The Bertz CT molecular complexity index is 438. The van der Waals surface area contributed by atoms with E-state index in [4.69, 9.17) is 4.74 Å². The minimum atomic E-state index is -0.369. The molecular formula is C13H17NO3. The highest BCUT2D eigenvalue weighted by molar-refractivity contribution is 5.89. The zero-order valence-electron chi connectivity index (χ0n) is 10.5. The number of carbonyl (C=O) groups excluding carboxylic acids is 2. The van der Waals surface area contributed by atoms with Crippen LogP contribution in [-0.2, 0) is 9.59 Å². The molecule has 0 aliphatic carbocycles. The third-order valence-corrected chi connectivity index (χ3v) is 2.21. The van der Waals surface area contributed by atoms with Crippen molar-refractivity contribution in [3.8, 4) is 5.75 Å². The van der Waals surface area contributed by atoms with Gasteiger partial charge in [-0.05, 0) is 17.5 Å². The van der Waals surface area contributed by atoms with E-state index in [2.05, 4.69) is 5.32 Å². The Morgan fingerprint density at radius 2 is 1.88 bits per heavy atom. The van der Waals surface area contributed by atoms with Crippen molar-refractivity contribution in [1.82, 2.24) is 0 Å². The number of benzene rings is 1. The quantitative estimate of drug-likeness (QED) is 0.647. The Morgan fingerprint density at radius 1 is 1.24 bits per heavy atom. The summed E-state index contributed by atoms with van der Waals surface area (Å²) in [6.07, 6.45) is 0. The van der Waals surface area contributed by atoms with E-state index in [0.717, 1.165) is 5.56 Å². The Hall–Kier alpha value is -1.84. The Balaban J connectivity index is 3.09. The number of esters is 1. The van der Waals surface area contributed by atoms with Crippen molar-refractivity contribution in [3.05, 3.63) is 23.8 Å². The fourth-order valence-corrected chi connectivity index (χ4v) is 1.54. The molecule has 1 N–H and O–H groups in total. The Morgan fingerprint density at radius 3 is 2.35 bits per heavy atom. The summed E-state index contributed by atoms with van der Waals surface area (Å²) in [4.78, 5) is 22.0. The molecule has 0 unspecified atom stereocenters. The standard InChI is InChI=1S/C13H17NO3/c1-8(2)12-6-5-11(14-9(3)15)7-13(12)17-10(4)16/h5-8H,1-4H3,(H,14,15). The van der Waals surface area contributed by atoms with Crippen molar-refractivity contribution >= 4 is 17.6 Å². The molecule has 17 heavy (non-hydrogen) atoms. The van der Waals surface area contributed by atoms with Gasteiger partial charge in [-0.25, -0.2) is 0 Å². The predicted molar refractivity (Wildman–Crippen MR) is 66.1 cm³/mol. The average molecular weight is 235 g/mol. The van der Waals surface area contributed by atoms with Gasteiger partial charge in [0.05, 0.1) is 0 Å². The number of rotatable bonds is 3. The number of hydrogen-bond donors (Lipinski definition) is 1. The van der Waals surface area contributed by atoms with E-state index in [-0.39, 0.29) is 17.8 Å². The van der Waals surface area contributed by atoms with Crippen molar-refractivity contribution in [1.29, 1.82) is 0 Å². The first kappa shape index (κ1) is 13.2. The van der Waals surface area contributed by atoms with Crippen molar-refractivity contribution in [2.45, 2.75) is 33.6 Å². The minimum absolute atomic E-state index is 0.156. The van der Waals surface area contributed by atoms with Gasteiger partial charge in [-0.15, -0.1) is 0 Å². The molecule has 4 nitrogen and oxygen atoms in total. The van der Waals surface area contributed by atoms with Crippen molar-refractivity contribution in [2.75, 3.05) is 5.32 Å². The van der Waals surface area contributed by atoms with E-state index in [1.807, 2.05) is 19.9 Å². The summed E-state index contributed by atoms with van der Waals surface area (Å²) in [5.74, 6) is 0.220. The van der Waals surface area contributed by atoms with Crippen LogP contribution in [0, 0.1) is 0 Å². The zero-order valence-corrected chi connectivity index (χ0v) is 10.5. The third kappa shape index (κ3) is 3.90. The lowest BCUT2D eigenvalue weighted by atomic mass is 10.0. The maximum atomic E-state index is 11.0. The summed E-state index contributed by atoms with van der Waals surface area (Å²) >= 11 is 0. The summed E-state index contributed by atoms with van der Waals surface area (Å²) in [5, 5.41) is 2.65. The van der Waals surface area contributed by atoms with Crippen molar-refractivity contribution in [3.63, 3.8) is 0 Å². The molecule has 4 heteroatoms. The summed E-state index contributed by atoms with van der Waals surface area (Å²) < 4.78 is 5.14. The van der Waals surface area contributed by atoms with Crippen molar-refractivity contribution < 1.29 is 14.3 Å². The van der Waals surface area contributed by atoms with Crippen LogP contribution in [0.15, 0.2) is 18.2 Å². The van der Waals surface area contributed by atoms with Crippen LogP contribution in [0.5, 0.6) is 5.75 Å². The molecule has 1 aromatic carbocycles. The van der Waals surface area contributed by atoms with E-state index in [1.54, 1.807) is 12.1 Å². The summed E-state index contributed by atoms with van der Waals surface area (Å²) in [6, 6.07) is 5.32. The van der Waals surface area contributed by atoms with Gasteiger partial charge in [-0.1, -0.05) is 19.9 Å². The largest absolute Gasteiger partial charge is 0.426 e. The lowest BCUT2D eigenvalue weighted by Gasteiger charge is -2.13. The van der Waals surface area contributed by atoms with Gasteiger partial charge in [0.1, 0.15) is 5.75 Å². The highest BCUT2D eigenvalue weighted by Gasteiger charge is 2.11. The molecule has 0 aliphatic rings. The molecule has 0 aromatic heterocycles.